The minimum absolute atomic E-state index is 0. The van der Waals surface area contributed by atoms with Crippen LogP contribution in [-0.4, -0.2) is 19.9 Å². The average Bonchev–Trinajstić information content (AvgIpc) is 3.18. The van der Waals surface area contributed by atoms with Crippen LogP contribution in [0.1, 0.15) is 76.4 Å². The Bertz CT molecular complexity index is 2730. The van der Waals surface area contributed by atoms with Crippen molar-refractivity contribution in [3.8, 4) is 44.9 Å². The van der Waals surface area contributed by atoms with Crippen molar-refractivity contribution in [2.24, 2.45) is 0 Å². The van der Waals surface area contributed by atoms with E-state index in [-0.39, 0.29) is 36.8 Å². The summed E-state index contributed by atoms with van der Waals surface area (Å²) >= 11 is 0. The van der Waals surface area contributed by atoms with Gasteiger partial charge in [0.2, 0.25) is 0 Å². The second-order valence-electron chi connectivity index (χ2n) is 13.2. The molecule has 0 bridgehead atoms. The predicted octanol–water partition coefficient (Wildman–Crippen LogP) is 11.5. The third-order valence-corrected chi connectivity index (χ3v) is 8.40. The zero-order valence-electron chi connectivity index (χ0n) is 40.9. The Labute approximate surface area is 333 Å². The van der Waals surface area contributed by atoms with E-state index in [0.717, 1.165) is 40.7 Å². The maximum Gasteiger partial charge on any atom is 0.108 e. The van der Waals surface area contributed by atoms with Gasteiger partial charge in [-0.25, -0.2) is 4.98 Å². The Morgan fingerprint density at radius 3 is 2.10 bits per heavy atom. The zero-order valence-corrected chi connectivity index (χ0v) is 31.3. The number of rotatable bonds is 4. The number of aromatic nitrogens is 4. The fraction of sp³-hybridized carbons (Fsp3) is 0.217. The van der Waals surface area contributed by atoms with Crippen LogP contribution < -0.4 is 0 Å². The Morgan fingerprint density at radius 2 is 1.39 bits per heavy atom. The third kappa shape index (κ3) is 8.39. The molecule has 0 aliphatic carbocycles. The van der Waals surface area contributed by atoms with Crippen molar-refractivity contribution in [1.29, 1.82) is 0 Å². The topological polar surface area (TPSA) is 51.6 Å². The monoisotopic (exact) mass is 857 g/mol. The molecule has 0 fully saturated rings. The molecule has 3 aromatic heterocycles. The van der Waals surface area contributed by atoms with E-state index in [1.54, 1.807) is 6.33 Å². The maximum atomic E-state index is 7.62. The summed E-state index contributed by atoms with van der Waals surface area (Å²) in [6, 6.07) is 35.9. The molecule has 0 saturated heterocycles. The van der Waals surface area contributed by atoms with Crippen molar-refractivity contribution >= 4 is 10.8 Å². The zero-order chi connectivity index (χ0) is 45.6. The molecule has 0 amide bonds. The molecule has 5 heteroatoms. The first kappa shape index (κ1) is 24.4. The molecule has 0 aliphatic rings. The van der Waals surface area contributed by atoms with E-state index in [9.17, 15) is 0 Å². The van der Waals surface area contributed by atoms with Gasteiger partial charge in [-0.1, -0.05) is 118 Å². The van der Waals surface area contributed by atoms with Crippen LogP contribution in [0, 0.1) is 53.4 Å². The van der Waals surface area contributed by atoms with E-state index < -0.39 is 49.9 Å². The molecule has 0 unspecified atom stereocenters. The number of nitrogens with zero attached hydrogens (tertiary/aromatic N) is 4. The smallest absolute Gasteiger partial charge is 0.108 e. The first-order chi connectivity index (χ1) is 28.7. The van der Waals surface area contributed by atoms with E-state index in [2.05, 4.69) is 146 Å². The van der Waals surface area contributed by atoms with Crippen LogP contribution >= 0.6 is 0 Å². The van der Waals surface area contributed by atoms with Gasteiger partial charge in [0.1, 0.15) is 6.33 Å². The summed E-state index contributed by atoms with van der Waals surface area (Å²) in [5.74, 6) is 0. The second kappa shape index (κ2) is 15.6. The van der Waals surface area contributed by atoms with Crippen LogP contribution in [0.3, 0.4) is 0 Å². The Hall–Kier alpha value is -4.83. The van der Waals surface area contributed by atoms with Gasteiger partial charge < -0.3 is 9.97 Å². The van der Waals surface area contributed by atoms with E-state index >= 15 is 0 Å². The van der Waals surface area contributed by atoms with Crippen LogP contribution in [0.15, 0.2) is 104 Å². The summed E-state index contributed by atoms with van der Waals surface area (Å²) in [7, 11) is 0. The summed E-state index contributed by atoms with van der Waals surface area (Å²) in [6.07, 6.45) is 2.52. The fourth-order valence-electron chi connectivity index (χ4n) is 6.00. The number of hydrogen-bond acceptors (Lipinski definition) is 4. The summed E-state index contributed by atoms with van der Waals surface area (Å²) in [4.78, 5) is 16.9. The van der Waals surface area contributed by atoms with Gasteiger partial charge in [-0.05, 0) is 83.9 Å². The van der Waals surface area contributed by atoms with E-state index in [1.165, 1.54) is 38.8 Å². The molecular formula is C46H44IrN4-2. The molecule has 0 spiro atoms. The van der Waals surface area contributed by atoms with Gasteiger partial charge in [0.25, 0.3) is 0 Å². The molecule has 7 aromatic rings. The minimum Gasteiger partial charge on any atom is -0.354 e. The SMILES string of the molecule is Cc1cc(-c2ccccc2)cc(C)c1-c1cc(-c2[c-]c3ccccc3c(C(C)(C)C)c2)ncn1.[2H]C([2H])([2H])c1c[c-]c(-c2cc(C([2H])([2H])[2H])c(C([2H])([2H])[2H])cn2)c(C([2H])([2H])[2H])n1.[Ir]. The molecule has 0 atom stereocenters. The van der Waals surface area contributed by atoms with Crippen molar-refractivity contribution in [3.63, 3.8) is 0 Å². The Kier molecular flexibility index (Phi) is 7.45. The van der Waals surface area contributed by atoms with Crippen molar-refractivity contribution in [2.75, 3.05) is 0 Å². The number of pyridine rings is 2. The molecule has 1 radical (unpaired) electrons. The summed E-state index contributed by atoms with van der Waals surface area (Å²) in [6.45, 7) is 0.0472. The van der Waals surface area contributed by atoms with E-state index in [4.69, 9.17) is 16.4 Å². The average molecular weight is 857 g/mol. The van der Waals surface area contributed by atoms with Crippen molar-refractivity contribution in [2.45, 2.75) is 67.4 Å². The summed E-state index contributed by atoms with van der Waals surface area (Å²) < 4.78 is 90.2. The number of fused-ring (bicyclic) bond motifs is 1. The largest absolute Gasteiger partial charge is 0.354 e. The van der Waals surface area contributed by atoms with Crippen LogP contribution in [0.4, 0.5) is 0 Å². The minimum atomic E-state index is -2.84. The molecule has 0 N–H and O–H groups in total. The summed E-state index contributed by atoms with van der Waals surface area (Å²) in [5.41, 5.74) is 7.68. The molecular weight excluding hydrogens is 801 g/mol. The van der Waals surface area contributed by atoms with Gasteiger partial charge in [0, 0.05) is 54.0 Å². The van der Waals surface area contributed by atoms with Crippen LogP contribution in [0.5, 0.6) is 0 Å². The summed E-state index contributed by atoms with van der Waals surface area (Å²) in [5, 5.41) is 2.36. The molecule has 4 aromatic carbocycles. The molecule has 259 valence electrons. The normalized spacial score (nSPS) is 15.5. The standard InChI is InChI=1S/C32H29N2.C14H15N2.Ir/c1-21-15-25(23-11-7-6-8-12-23)16-22(2)31(21)30-19-29(33-20-34-30)26-17-24-13-9-10-14-27(24)28(18-26)32(3,4)5;1-9-7-14(15-8-10(9)2)13-6-5-11(3)16-12(13)4;/h6-16,18-20H,1-5H3;5,7-8H,1-4H3;/q2*-1;/i;1D3,2D3,3D3,4D3;. The van der Waals surface area contributed by atoms with Gasteiger partial charge in [-0.3, -0.25) is 4.98 Å². The van der Waals surface area contributed by atoms with Gasteiger partial charge >= 0.3 is 0 Å². The molecule has 51 heavy (non-hydrogen) atoms. The second-order valence-corrected chi connectivity index (χ2v) is 13.2. The van der Waals surface area contributed by atoms with Crippen molar-refractivity contribution in [1.82, 2.24) is 19.9 Å². The molecule has 0 aliphatic heterocycles. The molecule has 7 rings (SSSR count). The van der Waals surface area contributed by atoms with Crippen LogP contribution in [0.25, 0.3) is 55.7 Å². The van der Waals surface area contributed by atoms with Crippen LogP contribution in [-0.2, 0) is 25.5 Å². The molecule has 0 saturated carbocycles. The third-order valence-electron chi connectivity index (χ3n) is 8.40. The molecule has 3 heterocycles. The van der Waals surface area contributed by atoms with Gasteiger partial charge in [-0.15, -0.1) is 46.8 Å². The number of hydrogen-bond donors (Lipinski definition) is 0. The maximum absolute atomic E-state index is 7.62. The first-order valence-corrected chi connectivity index (χ1v) is 16.1. The van der Waals surface area contributed by atoms with E-state index in [1.807, 2.05) is 0 Å². The quantitative estimate of drug-likeness (QED) is 0.166. The first-order valence-electron chi connectivity index (χ1n) is 22.1. The Morgan fingerprint density at radius 1 is 0.667 bits per heavy atom. The predicted molar refractivity (Wildman–Crippen MR) is 208 cm³/mol. The molecule has 4 nitrogen and oxygen atoms in total. The van der Waals surface area contributed by atoms with Gasteiger partial charge in [-0.2, -0.15) is 0 Å². The van der Waals surface area contributed by atoms with Crippen molar-refractivity contribution in [3.05, 3.63) is 155 Å². The fourth-order valence-corrected chi connectivity index (χ4v) is 6.00. The number of benzene rings is 4. The van der Waals surface area contributed by atoms with Crippen LogP contribution in [0.2, 0.25) is 0 Å². The Balaban J connectivity index is 0.000000239. The van der Waals surface area contributed by atoms with Crippen molar-refractivity contribution < 1.29 is 36.6 Å². The van der Waals surface area contributed by atoms with Gasteiger partial charge in [0.15, 0.2) is 0 Å². The van der Waals surface area contributed by atoms with Gasteiger partial charge in [0.05, 0.1) is 5.69 Å². The van der Waals surface area contributed by atoms with E-state index in [0.29, 0.717) is 0 Å². The number of aryl methyl sites for hydroxylation is 6.